The first-order valence-electron chi connectivity index (χ1n) is 13.4. The fraction of sp³-hybridized carbons (Fsp3) is 0.419. The van der Waals surface area contributed by atoms with Crippen LogP contribution in [0.25, 0.3) is 21.8 Å². The second-order valence-electron chi connectivity index (χ2n) is 9.94. The van der Waals surface area contributed by atoms with Crippen LogP contribution in [0.4, 0.5) is 0 Å². The van der Waals surface area contributed by atoms with E-state index < -0.39 is 0 Å². The Morgan fingerprint density at radius 2 is 1.00 bits per heavy atom. The van der Waals surface area contributed by atoms with Gasteiger partial charge in [-0.05, 0) is 99.0 Å². The quantitative estimate of drug-likeness (QED) is 0.179. The Balaban J connectivity index is 1.07. The van der Waals surface area contributed by atoms with Crippen molar-refractivity contribution in [2.24, 2.45) is 0 Å². The second kappa shape index (κ2) is 10.9. The summed E-state index contributed by atoms with van der Waals surface area (Å²) in [5.74, 6) is 2.41. The van der Waals surface area contributed by atoms with Gasteiger partial charge in [-0.15, -0.1) is 23.5 Å². The minimum absolute atomic E-state index is 1.15. The fourth-order valence-electron chi connectivity index (χ4n) is 5.72. The van der Waals surface area contributed by atoms with E-state index in [0.717, 1.165) is 12.8 Å². The third-order valence-electron chi connectivity index (χ3n) is 7.52. The number of benzene rings is 2. The number of aryl methyl sites for hydroxylation is 2. The smallest absolute Gasteiger partial charge is 0.0716 e. The summed E-state index contributed by atoms with van der Waals surface area (Å²) in [6.45, 7) is 0. The van der Waals surface area contributed by atoms with Crippen LogP contribution in [0.3, 0.4) is 0 Å². The van der Waals surface area contributed by atoms with Crippen molar-refractivity contribution in [2.75, 3.05) is 11.5 Å². The molecular weight excluding hydrogens is 464 g/mol. The number of unbranched alkanes of at least 4 members (excludes halogenated alkanes) is 2. The SMILES string of the molecule is c1ccc2c(SCCCCCSc3c4c(nc5ccccc35)CCCC4)c3c(nc2c1)CCCC3. The number of hydrogen-bond acceptors (Lipinski definition) is 4. The lowest BCUT2D eigenvalue weighted by atomic mass is 9.94. The molecule has 2 aromatic heterocycles. The molecule has 0 saturated carbocycles. The molecule has 2 nitrogen and oxygen atoms in total. The Morgan fingerprint density at radius 1 is 0.543 bits per heavy atom. The predicted octanol–water partition coefficient (Wildman–Crippen LogP) is 8.60. The van der Waals surface area contributed by atoms with Gasteiger partial charge in [-0.1, -0.05) is 42.8 Å². The summed E-state index contributed by atoms with van der Waals surface area (Å²) >= 11 is 4.17. The number of fused-ring (bicyclic) bond motifs is 4. The molecule has 0 amide bonds. The number of aromatic nitrogens is 2. The summed E-state index contributed by atoms with van der Waals surface area (Å²) in [6.07, 6.45) is 13.8. The standard InChI is InChI=1S/C31H34N2S2/c1(10-20-34-30-22-12-2-6-16-26(22)32-27-17-7-3-13-23(27)30)11-21-35-31-24-14-4-8-18-28(24)33-29-19-9-5-15-25(29)31/h2,4,6,8,12,14,16,18H,1,3,5,7,9-11,13,15,17,19-21H2. The molecule has 2 aliphatic rings. The molecule has 0 bridgehead atoms. The molecule has 0 saturated heterocycles. The minimum Gasteiger partial charge on any atom is -0.252 e. The van der Waals surface area contributed by atoms with Gasteiger partial charge in [-0.2, -0.15) is 0 Å². The molecule has 180 valence electrons. The molecule has 4 aromatic rings. The molecule has 4 heteroatoms. The minimum atomic E-state index is 1.15. The summed E-state index contributed by atoms with van der Waals surface area (Å²) in [6, 6.07) is 17.5. The van der Waals surface area contributed by atoms with Crippen LogP contribution >= 0.6 is 23.5 Å². The fourth-order valence-corrected chi connectivity index (χ4v) is 8.27. The molecule has 2 aliphatic carbocycles. The molecule has 0 aliphatic heterocycles. The summed E-state index contributed by atoms with van der Waals surface area (Å²) in [4.78, 5) is 13.1. The number of pyridine rings is 2. The molecule has 0 N–H and O–H groups in total. The topological polar surface area (TPSA) is 25.8 Å². The van der Waals surface area contributed by atoms with Crippen molar-refractivity contribution in [3.8, 4) is 0 Å². The highest BCUT2D eigenvalue weighted by Crippen LogP contribution is 2.38. The van der Waals surface area contributed by atoms with E-state index in [-0.39, 0.29) is 0 Å². The zero-order valence-electron chi connectivity index (χ0n) is 20.5. The van der Waals surface area contributed by atoms with Crippen LogP contribution in [0.5, 0.6) is 0 Å². The second-order valence-corrected chi connectivity index (χ2v) is 12.1. The largest absolute Gasteiger partial charge is 0.252 e. The van der Waals surface area contributed by atoms with Gasteiger partial charge in [-0.3, -0.25) is 9.97 Å². The van der Waals surface area contributed by atoms with Gasteiger partial charge in [0.15, 0.2) is 0 Å². The average Bonchev–Trinajstić information content (AvgIpc) is 2.91. The highest BCUT2D eigenvalue weighted by Gasteiger charge is 2.19. The highest BCUT2D eigenvalue weighted by atomic mass is 32.2. The van der Waals surface area contributed by atoms with Crippen molar-refractivity contribution in [1.29, 1.82) is 0 Å². The van der Waals surface area contributed by atoms with Crippen molar-refractivity contribution in [3.05, 3.63) is 71.0 Å². The Kier molecular flexibility index (Phi) is 7.29. The molecule has 35 heavy (non-hydrogen) atoms. The molecular formula is C31H34N2S2. The third-order valence-corrected chi connectivity index (χ3v) is 10.0. The van der Waals surface area contributed by atoms with Crippen LogP contribution in [0.2, 0.25) is 0 Å². The monoisotopic (exact) mass is 498 g/mol. The molecule has 0 atom stereocenters. The van der Waals surface area contributed by atoms with Gasteiger partial charge in [0.1, 0.15) is 0 Å². The number of hydrogen-bond donors (Lipinski definition) is 0. The van der Waals surface area contributed by atoms with Gasteiger partial charge in [0, 0.05) is 32.0 Å². The first-order valence-corrected chi connectivity index (χ1v) is 15.4. The summed E-state index contributed by atoms with van der Waals surface area (Å²) < 4.78 is 0. The Morgan fingerprint density at radius 3 is 1.51 bits per heavy atom. The normalized spacial score (nSPS) is 15.3. The van der Waals surface area contributed by atoms with E-state index in [9.17, 15) is 0 Å². The number of rotatable bonds is 8. The van der Waals surface area contributed by atoms with Crippen LogP contribution in [0, 0.1) is 0 Å². The zero-order chi connectivity index (χ0) is 23.5. The maximum Gasteiger partial charge on any atom is 0.0716 e. The molecule has 0 fully saturated rings. The van der Waals surface area contributed by atoms with Crippen LogP contribution in [-0.4, -0.2) is 21.5 Å². The van der Waals surface area contributed by atoms with Gasteiger partial charge >= 0.3 is 0 Å². The number of thioether (sulfide) groups is 2. The molecule has 0 spiro atoms. The van der Waals surface area contributed by atoms with Crippen LogP contribution < -0.4 is 0 Å². The van der Waals surface area contributed by atoms with Crippen molar-refractivity contribution < 1.29 is 0 Å². The number of nitrogens with zero attached hydrogens (tertiary/aromatic N) is 2. The molecule has 0 unspecified atom stereocenters. The van der Waals surface area contributed by atoms with E-state index >= 15 is 0 Å². The Labute approximate surface area is 217 Å². The Hall–Kier alpha value is -2.04. The third kappa shape index (κ3) is 4.97. The van der Waals surface area contributed by atoms with Crippen molar-refractivity contribution >= 4 is 45.3 Å². The summed E-state index contributed by atoms with van der Waals surface area (Å²) in [5.41, 5.74) is 8.18. The average molecular weight is 499 g/mol. The van der Waals surface area contributed by atoms with Crippen molar-refractivity contribution in [2.45, 2.75) is 80.4 Å². The first kappa shape index (κ1) is 23.4. The zero-order valence-corrected chi connectivity index (χ0v) is 22.2. The lowest BCUT2D eigenvalue weighted by Crippen LogP contribution is -2.08. The van der Waals surface area contributed by atoms with Gasteiger partial charge in [-0.25, -0.2) is 0 Å². The van der Waals surface area contributed by atoms with Gasteiger partial charge < -0.3 is 0 Å². The molecule has 2 heterocycles. The van der Waals surface area contributed by atoms with E-state index in [1.165, 1.54) is 112 Å². The summed E-state index contributed by atoms with van der Waals surface area (Å²) in [5, 5.41) is 2.73. The molecule has 2 aromatic carbocycles. The first-order chi connectivity index (χ1) is 17.4. The summed E-state index contributed by atoms with van der Waals surface area (Å²) in [7, 11) is 0. The molecule has 0 radical (unpaired) electrons. The molecule has 6 rings (SSSR count). The van der Waals surface area contributed by atoms with Gasteiger partial charge in [0.05, 0.1) is 11.0 Å². The van der Waals surface area contributed by atoms with E-state index in [1.807, 2.05) is 0 Å². The van der Waals surface area contributed by atoms with E-state index in [2.05, 4.69) is 72.1 Å². The van der Waals surface area contributed by atoms with E-state index in [4.69, 9.17) is 9.97 Å². The maximum absolute atomic E-state index is 5.01. The van der Waals surface area contributed by atoms with Crippen LogP contribution in [0.1, 0.15) is 67.5 Å². The van der Waals surface area contributed by atoms with Gasteiger partial charge in [0.2, 0.25) is 0 Å². The highest BCUT2D eigenvalue weighted by molar-refractivity contribution is 7.99. The van der Waals surface area contributed by atoms with Gasteiger partial charge in [0.25, 0.3) is 0 Å². The van der Waals surface area contributed by atoms with E-state index in [0.29, 0.717) is 0 Å². The van der Waals surface area contributed by atoms with Crippen LogP contribution in [0.15, 0.2) is 58.3 Å². The Bertz CT molecular complexity index is 1240. The maximum atomic E-state index is 5.01. The van der Waals surface area contributed by atoms with Crippen molar-refractivity contribution in [1.82, 2.24) is 9.97 Å². The van der Waals surface area contributed by atoms with Crippen LogP contribution in [-0.2, 0) is 25.7 Å². The number of para-hydroxylation sites is 2. The lowest BCUT2D eigenvalue weighted by Gasteiger charge is -2.20. The van der Waals surface area contributed by atoms with E-state index in [1.54, 1.807) is 11.1 Å². The van der Waals surface area contributed by atoms with Crippen molar-refractivity contribution in [3.63, 3.8) is 0 Å². The predicted molar refractivity (Wildman–Crippen MR) is 152 cm³/mol. The lowest BCUT2D eigenvalue weighted by molar-refractivity contribution is 0.661.